The summed E-state index contributed by atoms with van der Waals surface area (Å²) in [6.45, 7) is 4.94. The zero-order valence-electron chi connectivity index (χ0n) is 18.3. The number of anilines is 2. The molecular formula is C24H27N3O5. The van der Waals surface area contributed by atoms with Crippen LogP contribution in [0.4, 0.5) is 11.4 Å². The van der Waals surface area contributed by atoms with Crippen molar-refractivity contribution in [1.29, 1.82) is 0 Å². The molecule has 1 atom stereocenters. The third-order valence-electron chi connectivity index (χ3n) is 5.93. The minimum atomic E-state index is -0.459. The average Bonchev–Trinajstić information content (AvgIpc) is 3.13. The highest BCUT2D eigenvalue weighted by Crippen LogP contribution is 2.28. The molecule has 0 saturated carbocycles. The SMILES string of the molecule is CCOC(=O)c1ccc(N2C(=O)C[C@H](N3CCN(c4cccc(OC)c4)CC3)C2=O)cc1. The van der Waals surface area contributed by atoms with Crippen LogP contribution >= 0.6 is 0 Å². The van der Waals surface area contributed by atoms with Gasteiger partial charge in [0.25, 0.3) is 5.91 Å². The van der Waals surface area contributed by atoms with Crippen LogP contribution in [0.25, 0.3) is 0 Å². The summed E-state index contributed by atoms with van der Waals surface area (Å²) in [7, 11) is 1.65. The third-order valence-corrected chi connectivity index (χ3v) is 5.93. The van der Waals surface area contributed by atoms with Crippen molar-refractivity contribution in [3.8, 4) is 5.75 Å². The Hall–Kier alpha value is -3.39. The van der Waals surface area contributed by atoms with Crippen LogP contribution in [0.1, 0.15) is 23.7 Å². The fraction of sp³-hybridized carbons (Fsp3) is 0.375. The van der Waals surface area contributed by atoms with E-state index in [1.54, 1.807) is 38.3 Å². The number of esters is 1. The minimum Gasteiger partial charge on any atom is -0.497 e. The molecule has 8 heteroatoms. The van der Waals surface area contributed by atoms with Gasteiger partial charge in [-0.05, 0) is 43.3 Å². The van der Waals surface area contributed by atoms with Gasteiger partial charge in [-0.15, -0.1) is 0 Å². The molecular weight excluding hydrogens is 410 g/mol. The van der Waals surface area contributed by atoms with Crippen molar-refractivity contribution in [2.24, 2.45) is 0 Å². The van der Waals surface area contributed by atoms with E-state index in [4.69, 9.17) is 9.47 Å². The molecule has 0 unspecified atom stereocenters. The van der Waals surface area contributed by atoms with Gasteiger partial charge in [-0.1, -0.05) is 6.07 Å². The summed E-state index contributed by atoms with van der Waals surface area (Å²) >= 11 is 0. The number of benzene rings is 2. The highest BCUT2D eigenvalue weighted by molar-refractivity contribution is 6.22. The molecule has 32 heavy (non-hydrogen) atoms. The molecule has 8 nitrogen and oxygen atoms in total. The van der Waals surface area contributed by atoms with Crippen LogP contribution in [-0.4, -0.2) is 68.6 Å². The Kier molecular flexibility index (Phi) is 6.41. The zero-order valence-corrected chi connectivity index (χ0v) is 18.3. The number of ether oxygens (including phenoxy) is 2. The van der Waals surface area contributed by atoms with Crippen molar-refractivity contribution in [2.75, 3.05) is 49.7 Å². The number of carbonyl (C=O) groups is 3. The summed E-state index contributed by atoms with van der Waals surface area (Å²) in [6, 6.07) is 13.9. The molecule has 0 aliphatic carbocycles. The quantitative estimate of drug-likeness (QED) is 0.507. The summed E-state index contributed by atoms with van der Waals surface area (Å²) in [4.78, 5) is 43.2. The van der Waals surface area contributed by atoms with Gasteiger partial charge in [-0.25, -0.2) is 9.69 Å². The molecule has 2 aliphatic heterocycles. The highest BCUT2D eigenvalue weighted by Gasteiger charge is 2.43. The fourth-order valence-corrected chi connectivity index (χ4v) is 4.23. The molecule has 0 bridgehead atoms. The minimum absolute atomic E-state index is 0.164. The Morgan fingerprint density at radius 2 is 1.72 bits per heavy atom. The van der Waals surface area contributed by atoms with E-state index in [-0.39, 0.29) is 24.8 Å². The van der Waals surface area contributed by atoms with E-state index in [0.717, 1.165) is 24.5 Å². The van der Waals surface area contributed by atoms with E-state index in [1.807, 2.05) is 24.3 Å². The van der Waals surface area contributed by atoms with E-state index in [9.17, 15) is 14.4 Å². The van der Waals surface area contributed by atoms with Gasteiger partial charge in [0.1, 0.15) is 5.75 Å². The van der Waals surface area contributed by atoms with E-state index >= 15 is 0 Å². The molecule has 0 aromatic heterocycles. The predicted molar refractivity (Wildman–Crippen MR) is 120 cm³/mol. The lowest BCUT2D eigenvalue weighted by Gasteiger charge is -2.38. The van der Waals surface area contributed by atoms with Gasteiger partial charge in [0.2, 0.25) is 5.91 Å². The standard InChI is InChI=1S/C24H27N3O5/c1-3-32-24(30)17-7-9-18(10-8-17)27-22(28)16-21(23(27)29)26-13-11-25(12-14-26)19-5-4-6-20(15-19)31-2/h4-10,15,21H,3,11-14,16H2,1-2H3/t21-/m0/s1. The number of methoxy groups -OCH3 is 1. The first-order valence-corrected chi connectivity index (χ1v) is 10.8. The molecule has 2 aromatic carbocycles. The van der Waals surface area contributed by atoms with Crippen molar-refractivity contribution in [3.63, 3.8) is 0 Å². The first-order chi connectivity index (χ1) is 15.5. The first kappa shape index (κ1) is 21.8. The number of nitrogens with zero attached hydrogens (tertiary/aromatic N) is 3. The number of hydrogen-bond donors (Lipinski definition) is 0. The predicted octanol–water partition coefficient (Wildman–Crippen LogP) is 2.33. The van der Waals surface area contributed by atoms with E-state index < -0.39 is 12.0 Å². The molecule has 2 saturated heterocycles. The zero-order chi connectivity index (χ0) is 22.7. The molecule has 2 aromatic rings. The Balaban J connectivity index is 1.40. The summed E-state index contributed by atoms with van der Waals surface area (Å²) in [5.41, 5.74) is 1.95. The molecule has 2 fully saturated rings. The van der Waals surface area contributed by atoms with Gasteiger partial charge < -0.3 is 14.4 Å². The Morgan fingerprint density at radius 3 is 2.38 bits per heavy atom. The number of imide groups is 1. The third kappa shape index (κ3) is 4.31. The van der Waals surface area contributed by atoms with Crippen molar-refractivity contribution in [3.05, 3.63) is 54.1 Å². The Morgan fingerprint density at radius 1 is 1.00 bits per heavy atom. The normalized spacial score (nSPS) is 19.4. The second kappa shape index (κ2) is 9.40. The first-order valence-electron chi connectivity index (χ1n) is 10.8. The maximum atomic E-state index is 13.1. The molecule has 2 aliphatic rings. The van der Waals surface area contributed by atoms with Crippen molar-refractivity contribution < 1.29 is 23.9 Å². The number of rotatable bonds is 6. The van der Waals surface area contributed by atoms with Gasteiger partial charge >= 0.3 is 5.97 Å². The van der Waals surface area contributed by atoms with Crippen LogP contribution in [0.2, 0.25) is 0 Å². The molecule has 0 spiro atoms. The van der Waals surface area contributed by atoms with Crippen molar-refractivity contribution in [1.82, 2.24) is 4.90 Å². The summed E-state index contributed by atoms with van der Waals surface area (Å²) in [6.07, 6.45) is 0.164. The number of amides is 2. The van der Waals surface area contributed by atoms with E-state index in [2.05, 4.69) is 9.80 Å². The van der Waals surface area contributed by atoms with Crippen LogP contribution in [-0.2, 0) is 14.3 Å². The second-order valence-electron chi connectivity index (χ2n) is 7.78. The van der Waals surface area contributed by atoms with E-state index in [0.29, 0.717) is 24.3 Å². The monoisotopic (exact) mass is 437 g/mol. The molecule has 168 valence electrons. The van der Waals surface area contributed by atoms with Crippen LogP contribution in [0, 0.1) is 0 Å². The van der Waals surface area contributed by atoms with Crippen LogP contribution < -0.4 is 14.5 Å². The average molecular weight is 437 g/mol. The maximum absolute atomic E-state index is 13.1. The second-order valence-corrected chi connectivity index (χ2v) is 7.78. The Bertz CT molecular complexity index is 999. The lowest BCUT2D eigenvalue weighted by atomic mass is 10.1. The summed E-state index contributed by atoms with van der Waals surface area (Å²) in [5, 5.41) is 0. The number of carbonyl (C=O) groups excluding carboxylic acids is 3. The Labute approximate surface area is 187 Å². The van der Waals surface area contributed by atoms with E-state index in [1.165, 1.54) is 4.90 Å². The lowest BCUT2D eigenvalue weighted by Crippen LogP contribution is -2.52. The van der Waals surface area contributed by atoms with Crippen LogP contribution in [0.3, 0.4) is 0 Å². The fourth-order valence-electron chi connectivity index (χ4n) is 4.23. The molecule has 2 heterocycles. The van der Waals surface area contributed by atoms with Gasteiger partial charge in [0.05, 0.1) is 37.4 Å². The molecule has 0 N–H and O–H groups in total. The lowest BCUT2D eigenvalue weighted by molar-refractivity contribution is -0.123. The van der Waals surface area contributed by atoms with Crippen LogP contribution in [0.15, 0.2) is 48.5 Å². The summed E-state index contributed by atoms with van der Waals surface area (Å²) in [5.74, 6) is -0.0520. The van der Waals surface area contributed by atoms with Gasteiger partial charge in [-0.2, -0.15) is 0 Å². The smallest absolute Gasteiger partial charge is 0.338 e. The highest BCUT2D eigenvalue weighted by atomic mass is 16.5. The van der Waals surface area contributed by atoms with Gasteiger partial charge in [0, 0.05) is 37.9 Å². The molecule has 0 radical (unpaired) electrons. The van der Waals surface area contributed by atoms with Crippen LogP contribution in [0.5, 0.6) is 5.75 Å². The maximum Gasteiger partial charge on any atom is 0.338 e. The molecule has 2 amide bonds. The number of hydrogen-bond acceptors (Lipinski definition) is 7. The topological polar surface area (TPSA) is 79.4 Å². The summed E-state index contributed by atoms with van der Waals surface area (Å²) < 4.78 is 10.3. The van der Waals surface area contributed by atoms with Gasteiger partial charge in [-0.3, -0.25) is 14.5 Å². The van der Waals surface area contributed by atoms with Gasteiger partial charge in [0.15, 0.2) is 0 Å². The largest absolute Gasteiger partial charge is 0.497 e. The van der Waals surface area contributed by atoms with Crippen molar-refractivity contribution in [2.45, 2.75) is 19.4 Å². The molecule has 4 rings (SSSR count). The van der Waals surface area contributed by atoms with Crippen molar-refractivity contribution >= 4 is 29.2 Å². The number of piperazine rings is 1.